The number of likely N-dealkylation sites (tertiary alicyclic amines) is 1. The van der Waals surface area contributed by atoms with Crippen LogP contribution < -0.4 is 5.32 Å². The Morgan fingerprint density at radius 2 is 2.17 bits per heavy atom. The number of carboxylic acids is 1. The molecule has 1 rings (SSSR count). The quantitative estimate of drug-likeness (QED) is 0.761. The van der Waals surface area contributed by atoms with E-state index in [2.05, 4.69) is 5.32 Å². The van der Waals surface area contributed by atoms with Gasteiger partial charge in [-0.3, -0.25) is 9.00 Å². The summed E-state index contributed by atoms with van der Waals surface area (Å²) >= 11 is 0. The van der Waals surface area contributed by atoms with Crippen LogP contribution in [0.1, 0.15) is 25.7 Å². The Morgan fingerprint density at radius 1 is 1.44 bits per heavy atom. The molecular weight excluding hydrogens is 256 g/mol. The van der Waals surface area contributed by atoms with Crippen molar-refractivity contribution in [1.29, 1.82) is 0 Å². The highest BCUT2D eigenvalue weighted by molar-refractivity contribution is 7.84. The fourth-order valence-electron chi connectivity index (χ4n) is 2.08. The standard InChI is InChI=1S/C11H20N2O4S/c1-18(17)7-5-12-11(16)13-6-3-2-4-9(13)8-10(14)15/h9H,2-8H2,1H3,(H,12,16)(H,14,15). The third kappa shape index (κ3) is 5.03. The number of amides is 2. The lowest BCUT2D eigenvalue weighted by atomic mass is 10.00. The van der Waals surface area contributed by atoms with Gasteiger partial charge >= 0.3 is 12.0 Å². The van der Waals surface area contributed by atoms with E-state index in [0.29, 0.717) is 18.8 Å². The van der Waals surface area contributed by atoms with Gasteiger partial charge in [0.25, 0.3) is 0 Å². The molecule has 18 heavy (non-hydrogen) atoms. The summed E-state index contributed by atoms with van der Waals surface area (Å²) in [5.41, 5.74) is 0. The molecule has 2 amide bonds. The molecule has 2 unspecified atom stereocenters. The third-order valence-electron chi connectivity index (χ3n) is 2.96. The second-order valence-electron chi connectivity index (χ2n) is 4.45. The van der Waals surface area contributed by atoms with Crippen molar-refractivity contribution in [2.45, 2.75) is 31.7 Å². The average Bonchev–Trinajstić information content (AvgIpc) is 2.28. The van der Waals surface area contributed by atoms with Crippen LogP contribution >= 0.6 is 0 Å². The number of carbonyl (C=O) groups is 2. The molecule has 1 aliphatic heterocycles. The average molecular weight is 276 g/mol. The van der Waals surface area contributed by atoms with Gasteiger partial charge < -0.3 is 15.3 Å². The Labute approximate surface area is 109 Å². The summed E-state index contributed by atoms with van der Waals surface area (Å²) in [6, 6.07) is -0.463. The molecule has 7 heteroatoms. The maximum atomic E-state index is 11.9. The van der Waals surface area contributed by atoms with Crippen molar-refractivity contribution in [2.75, 3.05) is 25.1 Å². The number of hydrogen-bond donors (Lipinski definition) is 2. The smallest absolute Gasteiger partial charge is 0.317 e. The topological polar surface area (TPSA) is 86.7 Å². The lowest BCUT2D eigenvalue weighted by molar-refractivity contribution is -0.138. The minimum Gasteiger partial charge on any atom is -0.481 e. The van der Waals surface area contributed by atoms with Crippen LogP contribution in [0.4, 0.5) is 4.79 Å². The molecular formula is C11H20N2O4S. The molecule has 1 fully saturated rings. The van der Waals surface area contributed by atoms with E-state index in [-0.39, 0.29) is 18.5 Å². The van der Waals surface area contributed by atoms with Gasteiger partial charge in [-0.05, 0) is 19.3 Å². The molecule has 1 aliphatic rings. The molecule has 1 saturated heterocycles. The van der Waals surface area contributed by atoms with Gasteiger partial charge in [-0.2, -0.15) is 0 Å². The normalized spacial score (nSPS) is 21.4. The fourth-order valence-corrected chi connectivity index (χ4v) is 2.47. The molecule has 2 atom stereocenters. The molecule has 1 heterocycles. The highest BCUT2D eigenvalue weighted by Gasteiger charge is 2.28. The van der Waals surface area contributed by atoms with E-state index in [1.807, 2.05) is 0 Å². The first-order valence-electron chi connectivity index (χ1n) is 6.07. The first-order valence-corrected chi connectivity index (χ1v) is 7.79. The second kappa shape index (κ2) is 7.35. The van der Waals surface area contributed by atoms with Crippen LogP contribution in [-0.2, 0) is 15.6 Å². The van der Waals surface area contributed by atoms with Crippen molar-refractivity contribution in [1.82, 2.24) is 10.2 Å². The Morgan fingerprint density at radius 3 is 2.78 bits per heavy atom. The van der Waals surface area contributed by atoms with E-state index in [1.165, 1.54) is 0 Å². The number of carbonyl (C=O) groups excluding carboxylic acids is 1. The van der Waals surface area contributed by atoms with Crippen LogP contribution in [0, 0.1) is 0 Å². The lowest BCUT2D eigenvalue weighted by Crippen LogP contribution is -2.50. The van der Waals surface area contributed by atoms with Gasteiger partial charge in [0, 0.05) is 41.9 Å². The number of hydrogen-bond acceptors (Lipinski definition) is 3. The zero-order chi connectivity index (χ0) is 13.5. The Balaban J connectivity index is 2.46. The lowest BCUT2D eigenvalue weighted by Gasteiger charge is -2.34. The van der Waals surface area contributed by atoms with E-state index in [1.54, 1.807) is 11.2 Å². The van der Waals surface area contributed by atoms with Crippen LogP contribution in [0.25, 0.3) is 0 Å². The molecule has 0 spiro atoms. The molecule has 6 nitrogen and oxygen atoms in total. The summed E-state index contributed by atoms with van der Waals surface area (Å²) in [6.07, 6.45) is 4.18. The highest BCUT2D eigenvalue weighted by atomic mass is 32.2. The largest absolute Gasteiger partial charge is 0.481 e. The summed E-state index contributed by atoms with van der Waals surface area (Å²) in [4.78, 5) is 24.2. The van der Waals surface area contributed by atoms with Crippen molar-refractivity contribution in [2.24, 2.45) is 0 Å². The van der Waals surface area contributed by atoms with Crippen LogP contribution in [0.2, 0.25) is 0 Å². The Kier molecular flexibility index (Phi) is 6.11. The van der Waals surface area contributed by atoms with Crippen LogP contribution in [0.15, 0.2) is 0 Å². The zero-order valence-electron chi connectivity index (χ0n) is 10.6. The minimum absolute atomic E-state index is 0.00682. The molecule has 0 aromatic carbocycles. The van der Waals surface area contributed by atoms with Crippen LogP contribution in [-0.4, -0.2) is 57.4 Å². The maximum absolute atomic E-state index is 11.9. The van der Waals surface area contributed by atoms with Crippen molar-refractivity contribution < 1.29 is 18.9 Å². The second-order valence-corrected chi connectivity index (χ2v) is 6.00. The predicted octanol–water partition coefficient (Wildman–Crippen LogP) is 0.404. The van der Waals surface area contributed by atoms with E-state index in [0.717, 1.165) is 19.3 Å². The number of nitrogens with zero attached hydrogens (tertiary/aromatic N) is 1. The van der Waals surface area contributed by atoms with E-state index >= 15 is 0 Å². The van der Waals surface area contributed by atoms with E-state index < -0.39 is 16.8 Å². The highest BCUT2D eigenvalue weighted by Crippen LogP contribution is 2.19. The summed E-state index contributed by atoms with van der Waals surface area (Å²) in [5.74, 6) is -0.460. The SMILES string of the molecule is CS(=O)CCNC(=O)N1CCCCC1CC(=O)O. The van der Waals surface area contributed by atoms with Crippen molar-refractivity contribution in [3.63, 3.8) is 0 Å². The first-order chi connectivity index (χ1) is 8.50. The maximum Gasteiger partial charge on any atom is 0.317 e. The number of nitrogens with one attached hydrogen (secondary N) is 1. The van der Waals surface area contributed by atoms with Gasteiger partial charge in [-0.25, -0.2) is 4.79 Å². The van der Waals surface area contributed by atoms with Gasteiger partial charge in [0.2, 0.25) is 0 Å². The molecule has 0 aromatic rings. The molecule has 0 radical (unpaired) electrons. The fraction of sp³-hybridized carbons (Fsp3) is 0.818. The first kappa shape index (κ1) is 14.9. The summed E-state index contributed by atoms with van der Waals surface area (Å²) in [7, 11) is -0.932. The molecule has 0 saturated carbocycles. The van der Waals surface area contributed by atoms with Crippen molar-refractivity contribution in [3.8, 4) is 0 Å². The summed E-state index contributed by atoms with van der Waals surface area (Å²) in [5, 5.41) is 11.5. The molecule has 0 aliphatic carbocycles. The summed E-state index contributed by atoms with van der Waals surface area (Å²) < 4.78 is 10.9. The monoisotopic (exact) mass is 276 g/mol. The van der Waals surface area contributed by atoms with Crippen molar-refractivity contribution in [3.05, 3.63) is 0 Å². The third-order valence-corrected chi connectivity index (χ3v) is 3.74. The molecule has 104 valence electrons. The van der Waals surface area contributed by atoms with E-state index in [4.69, 9.17) is 5.11 Å². The molecule has 2 N–H and O–H groups in total. The van der Waals surface area contributed by atoms with Crippen molar-refractivity contribution >= 4 is 22.8 Å². The van der Waals surface area contributed by atoms with Gasteiger partial charge in [-0.15, -0.1) is 0 Å². The Bertz CT molecular complexity index is 335. The van der Waals surface area contributed by atoms with Gasteiger partial charge in [-0.1, -0.05) is 0 Å². The number of aliphatic carboxylic acids is 1. The summed E-state index contributed by atoms with van der Waals surface area (Å²) in [6.45, 7) is 0.956. The number of rotatable bonds is 5. The van der Waals surface area contributed by atoms with Gasteiger partial charge in [0.1, 0.15) is 0 Å². The van der Waals surface area contributed by atoms with Gasteiger partial charge in [0.15, 0.2) is 0 Å². The Hall–Kier alpha value is -1.11. The zero-order valence-corrected chi connectivity index (χ0v) is 11.4. The number of piperidine rings is 1. The number of urea groups is 1. The van der Waals surface area contributed by atoms with Crippen LogP contribution in [0.5, 0.6) is 0 Å². The van der Waals surface area contributed by atoms with Gasteiger partial charge in [0.05, 0.1) is 6.42 Å². The number of carboxylic acid groups (broad SMARTS) is 1. The molecule has 0 aromatic heterocycles. The minimum atomic E-state index is -0.932. The molecule has 0 bridgehead atoms. The van der Waals surface area contributed by atoms with Crippen LogP contribution in [0.3, 0.4) is 0 Å². The van der Waals surface area contributed by atoms with E-state index in [9.17, 15) is 13.8 Å². The predicted molar refractivity (Wildman–Crippen MR) is 68.9 cm³/mol.